The van der Waals surface area contributed by atoms with Crippen molar-refractivity contribution in [3.05, 3.63) is 83.9 Å². The minimum Gasteiger partial charge on any atom is -0.478 e. The lowest BCUT2D eigenvalue weighted by atomic mass is 10.1. The molecule has 0 fully saturated rings. The van der Waals surface area contributed by atoms with E-state index in [4.69, 9.17) is 5.11 Å². The number of imidazole rings is 1. The number of rotatable bonds is 5. The van der Waals surface area contributed by atoms with Crippen LogP contribution in [0.2, 0.25) is 0 Å². The molecule has 138 valence electrons. The number of aromatic amines is 1. The molecule has 28 heavy (non-hydrogen) atoms. The fourth-order valence-corrected chi connectivity index (χ4v) is 2.73. The molecule has 7 heteroatoms. The third-order valence-corrected chi connectivity index (χ3v) is 4.18. The number of H-pyrrole nitrogens is 1. The van der Waals surface area contributed by atoms with Crippen LogP contribution in [0.15, 0.2) is 67.3 Å². The molecule has 0 aliphatic carbocycles. The van der Waals surface area contributed by atoms with Crippen molar-refractivity contribution in [3.8, 4) is 23.2 Å². The largest absolute Gasteiger partial charge is 0.478 e. The van der Waals surface area contributed by atoms with Crippen LogP contribution in [-0.2, 0) is 13.1 Å². The van der Waals surface area contributed by atoms with Crippen molar-refractivity contribution >= 4 is 5.97 Å². The second kappa shape index (κ2) is 7.68. The van der Waals surface area contributed by atoms with E-state index in [9.17, 15) is 4.79 Å². The Bertz CT molecular complexity index is 1130. The Morgan fingerprint density at radius 3 is 2.71 bits per heavy atom. The Morgan fingerprint density at radius 2 is 2.00 bits per heavy atom. The molecular formula is C21H17N5O2. The normalized spacial score (nSPS) is 10.4. The van der Waals surface area contributed by atoms with Crippen LogP contribution < -0.4 is 0 Å². The molecule has 0 radical (unpaired) electrons. The average Bonchev–Trinajstić information content (AvgIpc) is 3.18. The van der Waals surface area contributed by atoms with Gasteiger partial charge >= 0.3 is 5.97 Å². The standard InChI is InChI=1S/C21H17N5O2/c27-21(28)18-8-6-17(7-9-18)14-26-23-20(24-26)19-5-1-3-16(13-19)4-2-11-25-12-10-22-15-25/h1,3,5-10,12-13,15H,11,14H2,(H,23,24)(H,27,28). The summed E-state index contributed by atoms with van der Waals surface area (Å²) in [6.07, 6.45) is 5.35. The highest BCUT2D eigenvalue weighted by Crippen LogP contribution is 2.17. The zero-order valence-corrected chi connectivity index (χ0v) is 14.9. The molecule has 0 aliphatic rings. The second-order valence-electron chi connectivity index (χ2n) is 6.24. The molecule has 0 spiro atoms. The number of aromatic carboxylic acids is 1. The van der Waals surface area contributed by atoms with Crippen LogP contribution in [0.25, 0.3) is 11.4 Å². The van der Waals surface area contributed by atoms with Gasteiger partial charge in [-0.15, -0.1) is 5.10 Å². The molecule has 2 heterocycles. The van der Waals surface area contributed by atoms with Crippen LogP contribution in [0, 0.1) is 11.8 Å². The van der Waals surface area contributed by atoms with Crippen molar-refractivity contribution in [2.24, 2.45) is 0 Å². The fraction of sp³-hybridized carbons (Fsp3) is 0.0952. The predicted molar refractivity (Wildman–Crippen MR) is 104 cm³/mol. The van der Waals surface area contributed by atoms with Gasteiger partial charge in [-0.25, -0.2) is 9.78 Å². The zero-order valence-electron chi connectivity index (χ0n) is 14.9. The molecule has 0 atom stereocenters. The lowest BCUT2D eigenvalue weighted by Gasteiger charge is -2.14. The van der Waals surface area contributed by atoms with Gasteiger partial charge in [0.15, 0.2) is 5.82 Å². The Balaban J connectivity index is 1.40. The van der Waals surface area contributed by atoms with Gasteiger partial charge in [-0.1, -0.05) is 36.1 Å². The average molecular weight is 371 g/mol. The van der Waals surface area contributed by atoms with Gasteiger partial charge in [0.05, 0.1) is 25.0 Å². The molecule has 2 aromatic heterocycles. The Hall–Kier alpha value is -4.05. The molecule has 4 rings (SSSR count). The van der Waals surface area contributed by atoms with Gasteiger partial charge < -0.3 is 9.67 Å². The van der Waals surface area contributed by atoms with Crippen LogP contribution >= 0.6 is 0 Å². The first kappa shape index (κ1) is 17.4. The van der Waals surface area contributed by atoms with Gasteiger partial charge in [0.2, 0.25) is 0 Å². The first-order valence-corrected chi connectivity index (χ1v) is 8.67. The van der Waals surface area contributed by atoms with E-state index < -0.39 is 5.97 Å². The van der Waals surface area contributed by atoms with E-state index in [-0.39, 0.29) is 5.56 Å². The monoisotopic (exact) mass is 371 g/mol. The van der Waals surface area contributed by atoms with Crippen LogP contribution in [-0.4, -0.2) is 35.6 Å². The minimum absolute atomic E-state index is 0.274. The summed E-state index contributed by atoms with van der Waals surface area (Å²) in [5.74, 6) is 6.12. The summed E-state index contributed by atoms with van der Waals surface area (Å²) in [7, 11) is 0. The van der Waals surface area contributed by atoms with E-state index in [1.54, 1.807) is 41.6 Å². The number of benzene rings is 2. The molecule has 0 unspecified atom stereocenters. The van der Waals surface area contributed by atoms with Crippen LogP contribution in [0.1, 0.15) is 21.5 Å². The maximum Gasteiger partial charge on any atom is 0.335 e. The molecule has 0 aliphatic heterocycles. The number of carboxylic acid groups (broad SMARTS) is 1. The number of hydrogen-bond acceptors (Lipinski definition) is 3. The topological polar surface area (TPSA) is 88.7 Å². The van der Waals surface area contributed by atoms with Crippen molar-refractivity contribution in [2.45, 2.75) is 13.1 Å². The third-order valence-electron chi connectivity index (χ3n) is 4.18. The highest BCUT2D eigenvalue weighted by Gasteiger charge is 2.08. The number of aromatic nitrogens is 5. The maximum absolute atomic E-state index is 10.9. The van der Waals surface area contributed by atoms with E-state index in [0.717, 1.165) is 22.5 Å². The van der Waals surface area contributed by atoms with Crippen LogP contribution in [0.5, 0.6) is 0 Å². The number of nitrogens with one attached hydrogen (secondary N) is 1. The SMILES string of the molecule is O=C(O)c1ccc(Cn2nc(-c3cccc(C#CCn4ccnc4)c3)[nH]2)cc1. The molecule has 4 aromatic rings. The van der Waals surface area contributed by atoms with Gasteiger partial charge in [0.25, 0.3) is 0 Å². The molecule has 0 saturated heterocycles. The second-order valence-corrected chi connectivity index (χ2v) is 6.24. The van der Waals surface area contributed by atoms with Gasteiger partial charge in [-0.05, 0) is 29.8 Å². The molecule has 0 bridgehead atoms. The summed E-state index contributed by atoms with van der Waals surface area (Å²) in [6.45, 7) is 1.14. The Morgan fingerprint density at radius 1 is 1.18 bits per heavy atom. The van der Waals surface area contributed by atoms with Crippen molar-refractivity contribution in [1.29, 1.82) is 0 Å². The van der Waals surface area contributed by atoms with Crippen LogP contribution in [0.3, 0.4) is 0 Å². The van der Waals surface area contributed by atoms with Gasteiger partial charge in [-0.3, -0.25) is 5.10 Å². The minimum atomic E-state index is -0.929. The highest BCUT2D eigenvalue weighted by atomic mass is 16.4. The van der Waals surface area contributed by atoms with Crippen molar-refractivity contribution in [2.75, 3.05) is 0 Å². The van der Waals surface area contributed by atoms with E-state index in [2.05, 4.69) is 27.0 Å². The zero-order chi connectivity index (χ0) is 19.3. The van der Waals surface area contributed by atoms with Crippen molar-refractivity contribution in [3.63, 3.8) is 0 Å². The number of carboxylic acids is 1. The predicted octanol–water partition coefficient (Wildman–Crippen LogP) is 2.87. The van der Waals surface area contributed by atoms with Gasteiger partial charge in [0, 0.05) is 23.5 Å². The third kappa shape index (κ3) is 4.02. The fourth-order valence-electron chi connectivity index (χ4n) is 2.73. The van der Waals surface area contributed by atoms with E-state index in [1.165, 1.54) is 0 Å². The number of hydrogen-bond donors (Lipinski definition) is 2. The Kier molecular flexibility index (Phi) is 4.76. The molecule has 0 amide bonds. The lowest BCUT2D eigenvalue weighted by molar-refractivity contribution is 0.0697. The molecular weight excluding hydrogens is 354 g/mol. The van der Waals surface area contributed by atoms with E-state index >= 15 is 0 Å². The molecule has 7 nitrogen and oxygen atoms in total. The summed E-state index contributed by atoms with van der Waals surface area (Å²) in [5, 5.41) is 16.6. The lowest BCUT2D eigenvalue weighted by Crippen LogP contribution is -2.17. The quantitative estimate of drug-likeness (QED) is 0.528. The summed E-state index contributed by atoms with van der Waals surface area (Å²) in [5.41, 5.74) is 3.13. The number of carbonyl (C=O) groups is 1. The summed E-state index contributed by atoms with van der Waals surface area (Å²) >= 11 is 0. The maximum atomic E-state index is 10.9. The summed E-state index contributed by atoms with van der Waals surface area (Å²) < 4.78 is 1.91. The summed E-state index contributed by atoms with van der Waals surface area (Å²) in [4.78, 5) is 16.6. The van der Waals surface area contributed by atoms with Crippen molar-refractivity contribution < 1.29 is 9.90 Å². The van der Waals surface area contributed by atoms with E-state index in [0.29, 0.717) is 13.1 Å². The first-order chi connectivity index (χ1) is 13.7. The smallest absolute Gasteiger partial charge is 0.335 e. The molecule has 2 N–H and O–H groups in total. The highest BCUT2D eigenvalue weighted by molar-refractivity contribution is 5.87. The summed E-state index contributed by atoms with van der Waals surface area (Å²) in [6, 6.07) is 14.6. The van der Waals surface area contributed by atoms with Gasteiger partial charge in [-0.2, -0.15) is 4.80 Å². The van der Waals surface area contributed by atoms with E-state index in [1.807, 2.05) is 35.0 Å². The van der Waals surface area contributed by atoms with Gasteiger partial charge in [0.1, 0.15) is 0 Å². The molecule has 2 aromatic carbocycles. The van der Waals surface area contributed by atoms with Crippen molar-refractivity contribution in [1.82, 2.24) is 24.5 Å². The Labute approximate surface area is 161 Å². The molecule has 0 saturated carbocycles. The number of nitrogens with zero attached hydrogens (tertiary/aromatic N) is 4. The van der Waals surface area contributed by atoms with Crippen LogP contribution in [0.4, 0.5) is 0 Å². The first-order valence-electron chi connectivity index (χ1n) is 8.67.